The number of alkyl halides is 2. The topological polar surface area (TPSA) is 29.1 Å². The Morgan fingerprint density at radius 2 is 1.69 bits per heavy atom. The summed E-state index contributed by atoms with van der Waals surface area (Å²) < 4.78 is 24.5. The number of carbonyl (C=O) groups is 1. The van der Waals surface area contributed by atoms with E-state index < -0.39 is 17.9 Å². The van der Waals surface area contributed by atoms with Crippen molar-refractivity contribution in [2.75, 3.05) is 0 Å². The summed E-state index contributed by atoms with van der Waals surface area (Å²) in [6.07, 6.45) is 0. The van der Waals surface area contributed by atoms with E-state index in [-0.39, 0.29) is 7.43 Å². The van der Waals surface area contributed by atoms with Gasteiger partial charge in [0.2, 0.25) is 5.91 Å². The number of carbonyl (C=O) groups excluding carboxylic acids is 1. The third-order valence-corrected chi connectivity index (χ3v) is 1.18. The highest BCUT2D eigenvalue weighted by molar-refractivity contribution is 5.73. The fraction of sp³-hybridized carbons (Fsp3) is 0.889. The van der Waals surface area contributed by atoms with E-state index in [9.17, 15) is 13.6 Å². The Bertz CT molecular complexity index is 132. The highest BCUT2D eigenvalue weighted by Crippen LogP contribution is 2.16. The van der Waals surface area contributed by atoms with Crippen LogP contribution in [-0.2, 0) is 4.79 Å². The van der Waals surface area contributed by atoms with Gasteiger partial charge in [0, 0.05) is 13.8 Å². The second-order valence-electron chi connectivity index (χ2n) is 2.38. The summed E-state index contributed by atoms with van der Waals surface area (Å²) in [5.74, 6) is -3.28. The van der Waals surface area contributed by atoms with E-state index in [2.05, 4.69) is 5.32 Å². The summed E-state index contributed by atoms with van der Waals surface area (Å²) in [6, 6.07) is -1.09. The van der Waals surface area contributed by atoms with E-state index in [0.717, 1.165) is 6.92 Å². The predicted octanol–water partition coefficient (Wildman–Crippen LogP) is 2.83. The monoisotopic (exact) mass is 197 g/mol. The Morgan fingerprint density at radius 1 is 1.38 bits per heavy atom. The van der Waals surface area contributed by atoms with Gasteiger partial charge < -0.3 is 5.32 Å². The zero-order chi connectivity index (χ0) is 10.4. The van der Waals surface area contributed by atoms with Crippen LogP contribution in [0.4, 0.5) is 8.78 Å². The van der Waals surface area contributed by atoms with Crippen LogP contribution in [-0.4, -0.2) is 17.9 Å². The van der Waals surface area contributed by atoms with Gasteiger partial charge in [-0.1, -0.05) is 21.3 Å². The first-order chi connectivity index (χ1) is 5.34. The van der Waals surface area contributed by atoms with E-state index >= 15 is 0 Å². The third-order valence-electron chi connectivity index (χ3n) is 1.18. The molecule has 0 radical (unpaired) electrons. The van der Waals surface area contributed by atoms with Crippen LogP contribution >= 0.6 is 0 Å². The minimum Gasteiger partial charge on any atom is -0.348 e. The molecule has 82 valence electrons. The van der Waals surface area contributed by atoms with Crippen molar-refractivity contribution < 1.29 is 13.6 Å². The maximum Gasteiger partial charge on any atom is 0.264 e. The molecule has 1 unspecified atom stereocenters. The number of halogens is 2. The summed E-state index contributed by atoms with van der Waals surface area (Å²) in [5, 5.41) is 2.09. The molecule has 0 aromatic heterocycles. The van der Waals surface area contributed by atoms with Crippen LogP contribution in [0.1, 0.15) is 42.0 Å². The van der Waals surface area contributed by atoms with E-state index in [1.807, 2.05) is 13.8 Å². The van der Waals surface area contributed by atoms with Gasteiger partial charge in [0.15, 0.2) is 0 Å². The fourth-order valence-corrected chi connectivity index (χ4v) is 0.432. The zero-order valence-corrected chi connectivity index (χ0v) is 8.24. The lowest BCUT2D eigenvalue weighted by Crippen LogP contribution is -2.42. The Hall–Kier alpha value is -0.670. The number of hydrogen-bond acceptors (Lipinski definition) is 1. The summed E-state index contributed by atoms with van der Waals surface area (Å²) in [4.78, 5) is 10.3. The van der Waals surface area contributed by atoms with Gasteiger partial charge in [-0.25, -0.2) is 8.78 Å². The molecule has 0 saturated carbocycles. The first-order valence-electron chi connectivity index (χ1n) is 3.99. The molecule has 0 heterocycles. The van der Waals surface area contributed by atoms with Crippen LogP contribution in [0.15, 0.2) is 0 Å². The minimum absolute atomic E-state index is 0. The second-order valence-corrected chi connectivity index (χ2v) is 2.38. The van der Waals surface area contributed by atoms with Gasteiger partial charge in [-0.15, -0.1) is 0 Å². The van der Waals surface area contributed by atoms with Crippen molar-refractivity contribution in [3.05, 3.63) is 0 Å². The van der Waals surface area contributed by atoms with Crippen LogP contribution in [0, 0.1) is 0 Å². The molecule has 1 amide bonds. The zero-order valence-electron chi connectivity index (χ0n) is 8.24. The van der Waals surface area contributed by atoms with Crippen molar-refractivity contribution in [2.24, 2.45) is 0 Å². The van der Waals surface area contributed by atoms with Crippen LogP contribution in [0.25, 0.3) is 0 Å². The number of rotatable bonds is 2. The highest BCUT2D eigenvalue weighted by Gasteiger charge is 2.30. The molecule has 0 aromatic carbocycles. The second kappa shape index (κ2) is 7.95. The number of nitrogens with one attached hydrogen (secondary N) is 1. The summed E-state index contributed by atoms with van der Waals surface area (Å²) in [5.41, 5.74) is 0. The first kappa shape index (κ1) is 18.2. The van der Waals surface area contributed by atoms with Crippen LogP contribution in [0.2, 0.25) is 0 Å². The van der Waals surface area contributed by atoms with Crippen molar-refractivity contribution in [3.8, 4) is 0 Å². The Balaban J connectivity index is -0.000000309. The molecule has 0 aromatic rings. The molecule has 0 aliphatic heterocycles. The first-order valence-corrected chi connectivity index (χ1v) is 3.99. The molecular formula is C9H21F2NO. The van der Waals surface area contributed by atoms with Gasteiger partial charge in [0.05, 0.1) is 6.04 Å². The Kier molecular flexibility index (Phi) is 11.1. The molecule has 0 spiro atoms. The lowest BCUT2D eigenvalue weighted by atomic mass is 10.2. The van der Waals surface area contributed by atoms with Gasteiger partial charge in [-0.05, 0) is 6.92 Å². The quantitative estimate of drug-likeness (QED) is 0.724. The fourth-order valence-electron chi connectivity index (χ4n) is 0.432. The predicted molar refractivity (Wildman–Crippen MR) is 52.0 cm³/mol. The van der Waals surface area contributed by atoms with Crippen LogP contribution in [0.3, 0.4) is 0 Å². The lowest BCUT2D eigenvalue weighted by Gasteiger charge is -2.19. The summed E-state index contributed by atoms with van der Waals surface area (Å²) >= 11 is 0. The van der Waals surface area contributed by atoms with Crippen molar-refractivity contribution in [1.82, 2.24) is 5.32 Å². The van der Waals surface area contributed by atoms with Crippen molar-refractivity contribution in [1.29, 1.82) is 0 Å². The highest BCUT2D eigenvalue weighted by atomic mass is 19.3. The van der Waals surface area contributed by atoms with Gasteiger partial charge in [-0.3, -0.25) is 4.79 Å². The van der Waals surface area contributed by atoms with Crippen molar-refractivity contribution in [3.63, 3.8) is 0 Å². The summed E-state index contributed by atoms with van der Waals surface area (Å²) in [7, 11) is 0. The Morgan fingerprint density at radius 3 is 1.77 bits per heavy atom. The van der Waals surface area contributed by atoms with Crippen LogP contribution in [0.5, 0.6) is 0 Å². The smallest absolute Gasteiger partial charge is 0.264 e. The number of amides is 1. The van der Waals surface area contributed by atoms with Crippen molar-refractivity contribution in [2.45, 2.75) is 54.0 Å². The molecule has 0 aliphatic rings. The average Bonchev–Trinajstić information content (AvgIpc) is 1.88. The van der Waals surface area contributed by atoms with Crippen LogP contribution < -0.4 is 5.32 Å². The molecule has 0 fully saturated rings. The molecule has 4 heteroatoms. The van der Waals surface area contributed by atoms with Gasteiger partial charge in [-0.2, -0.15) is 0 Å². The van der Waals surface area contributed by atoms with E-state index in [1.54, 1.807) is 0 Å². The molecule has 1 N–H and O–H groups in total. The normalized spacial score (nSPS) is 11.6. The molecule has 0 aliphatic carbocycles. The maximum atomic E-state index is 12.3. The van der Waals surface area contributed by atoms with E-state index in [0.29, 0.717) is 0 Å². The molecule has 1 atom stereocenters. The van der Waals surface area contributed by atoms with Gasteiger partial charge in [0.1, 0.15) is 0 Å². The number of hydrogen-bond donors (Lipinski definition) is 1. The lowest BCUT2D eigenvalue weighted by molar-refractivity contribution is -0.122. The SMILES string of the molecule is C.CC.CC(=O)NC(C)C(C)(F)F. The molecule has 0 bridgehead atoms. The van der Waals surface area contributed by atoms with E-state index in [1.165, 1.54) is 13.8 Å². The molecule has 2 nitrogen and oxygen atoms in total. The van der Waals surface area contributed by atoms with E-state index in [4.69, 9.17) is 0 Å². The minimum atomic E-state index is -2.84. The standard InChI is InChI=1S/C6H11F2NO.C2H6.CH4/c1-4(6(3,7)8)9-5(2)10;1-2;/h4H,1-3H3,(H,9,10);1-2H3;1H4. The van der Waals surface area contributed by atoms with Gasteiger partial charge in [0.25, 0.3) is 5.92 Å². The summed E-state index contributed by atoms with van der Waals surface area (Å²) in [6.45, 7) is 7.25. The molecule has 0 rings (SSSR count). The average molecular weight is 197 g/mol. The molecule has 13 heavy (non-hydrogen) atoms. The largest absolute Gasteiger partial charge is 0.348 e. The Labute approximate surface area is 79.7 Å². The molecular weight excluding hydrogens is 176 g/mol. The van der Waals surface area contributed by atoms with Gasteiger partial charge >= 0.3 is 0 Å². The molecule has 0 saturated heterocycles. The van der Waals surface area contributed by atoms with Crippen molar-refractivity contribution >= 4 is 5.91 Å². The third kappa shape index (κ3) is 11.3. The maximum absolute atomic E-state index is 12.3.